The molecule has 0 amide bonds. The van der Waals surface area contributed by atoms with Gasteiger partial charge in [0.2, 0.25) is 0 Å². The number of unbranched alkanes of at least 4 members (excludes halogenated alkanes) is 2. The van der Waals surface area contributed by atoms with Gasteiger partial charge in [-0.25, -0.2) is 4.39 Å². The molecule has 4 heteroatoms. The number of hydrogen-bond donors (Lipinski definition) is 1. The number of nitrogens with zero attached hydrogens (tertiary/aromatic N) is 1. The van der Waals surface area contributed by atoms with Crippen LogP contribution in [-0.4, -0.2) is 9.55 Å². The molecule has 2 rings (SSSR count). The van der Waals surface area contributed by atoms with E-state index in [0.717, 1.165) is 17.5 Å². The summed E-state index contributed by atoms with van der Waals surface area (Å²) in [5, 5.41) is 0. The number of aromatic amines is 1. The van der Waals surface area contributed by atoms with Gasteiger partial charge in [0, 0.05) is 6.04 Å². The van der Waals surface area contributed by atoms with Crippen LogP contribution in [0.15, 0.2) is 12.1 Å². The fourth-order valence-electron chi connectivity index (χ4n) is 2.51. The maximum Gasteiger partial charge on any atom is 0.178 e. The van der Waals surface area contributed by atoms with Crippen molar-refractivity contribution in [2.75, 3.05) is 0 Å². The van der Waals surface area contributed by atoms with Crippen molar-refractivity contribution >= 4 is 23.3 Å². The lowest BCUT2D eigenvalue weighted by atomic mass is 10.1. The molecule has 0 spiro atoms. The van der Waals surface area contributed by atoms with Crippen molar-refractivity contribution in [1.82, 2.24) is 9.55 Å². The highest BCUT2D eigenvalue weighted by molar-refractivity contribution is 7.71. The lowest BCUT2D eigenvalue weighted by Gasteiger charge is -2.14. The van der Waals surface area contributed by atoms with E-state index in [4.69, 9.17) is 12.2 Å². The fraction of sp³-hybridized carbons (Fsp3) is 0.533. The number of aromatic nitrogens is 2. The van der Waals surface area contributed by atoms with E-state index < -0.39 is 0 Å². The SMILES string of the molecule is CCCCCC(C)n1c(=S)[nH]c2cc(F)c(C)cc21. The molecule has 0 bridgehead atoms. The second-order valence-electron chi connectivity index (χ2n) is 5.26. The molecule has 19 heavy (non-hydrogen) atoms. The minimum atomic E-state index is -0.186. The normalized spacial score (nSPS) is 13.1. The van der Waals surface area contributed by atoms with E-state index in [1.165, 1.54) is 25.3 Å². The van der Waals surface area contributed by atoms with Crippen molar-refractivity contribution in [3.05, 3.63) is 28.3 Å². The first-order chi connectivity index (χ1) is 9.04. The first kappa shape index (κ1) is 14.3. The van der Waals surface area contributed by atoms with Gasteiger partial charge in [0.05, 0.1) is 11.0 Å². The van der Waals surface area contributed by atoms with Crippen LogP contribution in [-0.2, 0) is 0 Å². The number of fused-ring (bicyclic) bond motifs is 1. The highest BCUT2D eigenvalue weighted by Crippen LogP contribution is 2.25. The number of hydrogen-bond acceptors (Lipinski definition) is 1. The summed E-state index contributed by atoms with van der Waals surface area (Å²) in [6, 6.07) is 3.76. The van der Waals surface area contributed by atoms with Crippen molar-refractivity contribution in [2.45, 2.75) is 52.5 Å². The topological polar surface area (TPSA) is 20.7 Å². The lowest BCUT2D eigenvalue weighted by molar-refractivity contribution is 0.483. The molecule has 1 N–H and O–H groups in total. The predicted molar refractivity (Wildman–Crippen MR) is 80.7 cm³/mol. The Balaban J connectivity index is 2.39. The van der Waals surface area contributed by atoms with E-state index in [-0.39, 0.29) is 5.82 Å². The van der Waals surface area contributed by atoms with Crippen LogP contribution in [0.4, 0.5) is 4.39 Å². The second kappa shape index (κ2) is 5.87. The van der Waals surface area contributed by atoms with Crippen molar-refractivity contribution < 1.29 is 4.39 Å². The number of imidazole rings is 1. The summed E-state index contributed by atoms with van der Waals surface area (Å²) in [6.07, 6.45) is 4.77. The minimum absolute atomic E-state index is 0.186. The van der Waals surface area contributed by atoms with Gasteiger partial charge in [-0.05, 0) is 50.2 Å². The molecular weight excluding hydrogens is 259 g/mol. The molecule has 1 unspecified atom stereocenters. The molecule has 2 aromatic rings. The molecule has 0 saturated carbocycles. The standard InChI is InChI=1S/C15H21FN2S/c1-4-5-6-7-11(3)18-14-8-10(2)12(16)9-13(14)17-15(18)19/h8-9,11H,4-7H2,1-3H3,(H,17,19). The van der Waals surface area contributed by atoms with Crippen LogP contribution in [0, 0.1) is 17.5 Å². The van der Waals surface area contributed by atoms with E-state index in [2.05, 4.69) is 23.4 Å². The largest absolute Gasteiger partial charge is 0.330 e. The van der Waals surface area contributed by atoms with E-state index in [0.29, 0.717) is 16.4 Å². The Kier molecular flexibility index (Phi) is 4.40. The second-order valence-corrected chi connectivity index (χ2v) is 5.65. The molecule has 1 atom stereocenters. The van der Waals surface area contributed by atoms with Gasteiger partial charge in [0.25, 0.3) is 0 Å². The van der Waals surface area contributed by atoms with Crippen LogP contribution in [0.5, 0.6) is 0 Å². The Hall–Kier alpha value is -1.16. The average molecular weight is 280 g/mol. The number of aryl methyl sites for hydroxylation is 1. The summed E-state index contributed by atoms with van der Waals surface area (Å²) in [5.74, 6) is -0.186. The molecule has 2 nitrogen and oxygen atoms in total. The molecule has 0 aliphatic carbocycles. The van der Waals surface area contributed by atoms with Crippen LogP contribution in [0.2, 0.25) is 0 Å². The first-order valence-corrected chi connectivity index (χ1v) is 7.35. The van der Waals surface area contributed by atoms with Gasteiger partial charge in [-0.15, -0.1) is 0 Å². The highest BCUT2D eigenvalue weighted by atomic mass is 32.1. The van der Waals surface area contributed by atoms with Crippen LogP contribution in [0.1, 0.15) is 51.1 Å². The van der Waals surface area contributed by atoms with Gasteiger partial charge in [0.15, 0.2) is 4.77 Å². The van der Waals surface area contributed by atoms with Gasteiger partial charge in [-0.2, -0.15) is 0 Å². The Bertz CT molecular complexity index is 627. The van der Waals surface area contributed by atoms with Crippen molar-refractivity contribution in [3.8, 4) is 0 Å². The predicted octanol–water partition coefficient (Wildman–Crippen LogP) is 5.29. The maximum atomic E-state index is 13.6. The van der Waals surface area contributed by atoms with Crippen LogP contribution < -0.4 is 0 Å². The van der Waals surface area contributed by atoms with Crippen molar-refractivity contribution in [3.63, 3.8) is 0 Å². The molecule has 0 saturated heterocycles. The average Bonchev–Trinajstić information content (AvgIpc) is 2.65. The molecule has 1 heterocycles. The van der Waals surface area contributed by atoms with E-state index in [1.54, 1.807) is 6.92 Å². The summed E-state index contributed by atoms with van der Waals surface area (Å²) >= 11 is 5.38. The van der Waals surface area contributed by atoms with Gasteiger partial charge < -0.3 is 9.55 Å². The van der Waals surface area contributed by atoms with Crippen LogP contribution in [0.25, 0.3) is 11.0 Å². The van der Waals surface area contributed by atoms with Gasteiger partial charge in [0.1, 0.15) is 5.82 Å². The Morgan fingerprint density at radius 2 is 2.11 bits per heavy atom. The monoisotopic (exact) mass is 280 g/mol. The molecule has 0 radical (unpaired) electrons. The smallest absolute Gasteiger partial charge is 0.178 e. The van der Waals surface area contributed by atoms with E-state index in [9.17, 15) is 4.39 Å². The summed E-state index contributed by atoms with van der Waals surface area (Å²) in [4.78, 5) is 3.10. The Morgan fingerprint density at radius 1 is 1.37 bits per heavy atom. The van der Waals surface area contributed by atoms with Crippen LogP contribution >= 0.6 is 12.2 Å². The van der Waals surface area contributed by atoms with Crippen molar-refractivity contribution in [2.24, 2.45) is 0 Å². The third kappa shape index (κ3) is 2.89. The third-order valence-electron chi connectivity index (χ3n) is 3.66. The van der Waals surface area contributed by atoms with Gasteiger partial charge >= 0.3 is 0 Å². The van der Waals surface area contributed by atoms with Crippen molar-refractivity contribution in [1.29, 1.82) is 0 Å². The highest BCUT2D eigenvalue weighted by Gasteiger charge is 2.12. The summed E-state index contributed by atoms with van der Waals surface area (Å²) < 4.78 is 16.4. The van der Waals surface area contributed by atoms with Crippen LogP contribution in [0.3, 0.4) is 0 Å². The third-order valence-corrected chi connectivity index (χ3v) is 3.96. The Labute approximate surface area is 118 Å². The number of H-pyrrole nitrogens is 1. The molecule has 0 fully saturated rings. The van der Waals surface area contributed by atoms with E-state index >= 15 is 0 Å². The molecule has 104 valence electrons. The van der Waals surface area contributed by atoms with E-state index in [1.807, 2.05) is 6.07 Å². The zero-order chi connectivity index (χ0) is 14.0. The summed E-state index contributed by atoms with van der Waals surface area (Å²) in [7, 11) is 0. The minimum Gasteiger partial charge on any atom is -0.330 e. The number of nitrogens with one attached hydrogen (secondary N) is 1. The number of benzene rings is 1. The first-order valence-electron chi connectivity index (χ1n) is 6.95. The molecule has 1 aromatic carbocycles. The lowest BCUT2D eigenvalue weighted by Crippen LogP contribution is -2.05. The fourth-order valence-corrected chi connectivity index (χ4v) is 2.90. The van der Waals surface area contributed by atoms with Gasteiger partial charge in [-0.1, -0.05) is 26.2 Å². The zero-order valence-electron chi connectivity index (χ0n) is 11.8. The molecular formula is C15H21FN2S. The Morgan fingerprint density at radius 3 is 2.79 bits per heavy atom. The van der Waals surface area contributed by atoms with Gasteiger partial charge in [-0.3, -0.25) is 0 Å². The maximum absolute atomic E-state index is 13.6. The molecule has 0 aliphatic heterocycles. The quantitative estimate of drug-likeness (QED) is 0.583. The zero-order valence-corrected chi connectivity index (χ0v) is 12.6. The number of halogens is 1. The summed E-state index contributed by atoms with van der Waals surface area (Å²) in [5.41, 5.74) is 2.46. The summed E-state index contributed by atoms with van der Waals surface area (Å²) in [6.45, 7) is 6.17. The molecule has 0 aliphatic rings. The molecule has 1 aromatic heterocycles. The number of rotatable bonds is 5.